The molecule has 1 aromatic rings. The van der Waals surface area contributed by atoms with Crippen molar-refractivity contribution >= 4 is 10.1 Å². The molecule has 0 unspecified atom stereocenters. The molecule has 1 rings (SSSR count). The second-order valence-corrected chi connectivity index (χ2v) is 5.11. The van der Waals surface area contributed by atoms with E-state index in [4.69, 9.17) is 4.55 Å². The Hall–Kier alpha value is -1.36. The van der Waals surface area contributed by atoms with Gasteiger partial charge in [0.1, 0.15) is 0 Å². The Labute approximate surface area is 116 Å². The van der Waals surface area contributed by atoms with Crippen LogP contribution in [0, 0.1) is 0 Å². The molecule has 0 saturated heterocycles. The van der Waals surface area contributed by atoms with Gasteiger partial charge in [-0.2, -0.15) is 34.8 Å². The first kappa shape index (κ1) is 19.6. The predicted molar refractivity (Wildman–Crippen MR) is 60.9 cm³/mol. The molecular weight excluding hydrogens is 328 g/mol. The Bertz CT molecular complexity index is 508. The van der Waals surface area contributed by atoms with Crippen molar-refractivity contribution < 1.29 is 39.3 Å². The number of alkyl halides is 6. The quantitative estimate of drug-likeness (QED) is 0.676. The van der Waals surface area contributed by atoms with Crippen LogP contribution in [0.25, 0.3) is 0 Å². The van der Waals surface area contributed by atoms with Gasteiger partial charge in [-0.05, 0) is 12.1 Å². The smallest absolute Gasteiger partial charge is 0.281 e. The molecule has 1 aromatic heterocycles. The van der Waals surface area contributed by atoms with Crippen LogP contribution in [0.4, 0.5) is 26.3 Å². The molecule has 11 heteroatoms. The lowest BCUT2D eigenvalue weighted by Crippen LogP contribution is -2.57. The minimum Gasteiger partial charge on any atom is -0.281 e. The number of hydrogen-bond donors (Lipinski definition) is 1. The molecule has 0 aliphatic heterocycles. The van der Waals surface area contributed by atoms with Gasteiger partial charge in [0.15, 0.2) is 0 Å². The van der Waals surface area contributed by atoms with Crippen LogP contribution in [0.1, 0.15) is 13.3 Å². The Morgan fingerprint density at radius 3 is 1.62 bits per heavy atom. The van der Waals surface area contributed by atoms with Gasteiger partial charge in [0.2, 0.25) is 0 Å². The third kappa shape index (κ3) is 4.30. The van der Waals surface area contributed by atoms with Gasteiger partial charge in [0.05, 0.1) is 0 Å². The molecule has 0 saturated carbocycles. The topological polar surface area (TPSA) is 67.3 Å². The summed E-state index contributed by atoms with van der Waals surface area (Å²) in [6, 6.07) is 5.72. The van der Waals surface area contributed by atoms with Crippen LogP contribution >= 0.6 is 0 Å². The normalized spacial score (nSPS) is 13.3. The molecule has 0 radical (unpaired) electrons. The van der Waals surface area contributed by atoms with Gasteiger partial charge in [-0.1, -0.05) is 13.0 Å². The van der Waals surface area contributed by atoms with E-state index in [1.807, 2.05) is 18.2 Å². The molecule has 0 aliphatic carbocycles. The number of rotatable bonds is 4. The fourth-order valence-corrected chi connectivity index (χ4v) is 1.38. The zero-order valence-corrected chi connectivity index (χ0v) is 11.3. The van der Waals surface area contributed by atoms with E-state index < -0.39 is 33.6 Å². The van der Waals surface area contributed by atoms with Gasteiger partial charge in [0, 0.05) is 18.8 Å². The van der Waals surface area contributed by atoms with Crippen LogP contribution in [0.2, 0.25) is 0 Å². The van der Waals surface area contributed by atoms with Crippen molar-refractivity contribution in [2.24, 2.45) is 0 Å². The first-order chi connectivity index (χ1) is 9.31. The Balaban J connectivity index is 0.000000547. The van der Waals surface area contributed by atoms with Crippen molar-refractivity contribution in [3.63, 3.8) is 0 Å². The summed E-state index contributed by atoms with van der Waals surface area (Å²) in [6.45, 7) is 0.466. The van der Waals surface area contributed by atoms with Crippen molar-refractivity contribution in [2.75, 3.05) is 0 Å². The summed E-state index contributed by atoms with van der Waals surface area (Å²) in [4.78, 5) is 3.78. The summed E-state index contributed by atoms with van der Waals surface area (Å²) in [5, 5.41) is -6.24. The second kappa shape index (κ2) is 6.60. The minimum atomic E-state index is -6.62. The van der Waals surface area contributed by atoms with E-state index in [1.165, 1.54) is 0 Å². The van der Waals surface area contributed by atoms with E-state index in [0.717, 1.165) is 0 Å². The van der Waals surface area contributed by atoms with Crippen molar-refractivity contribution in [1.29, 1.82) is 0 Å². The van der Waals surface area contributed by atoms with Crippen LogP contribution < -0.4 is 0 Å². The maximum atomic E-state index is 12.4. The lowest BCUT2D eigenvalue weighted by Gasteiger charge is -2.29. The number of hydrogen-bond acceptors (Lipinski definition) is 3. The molecule has 4 nitrogen and oxygen atoms in total. The number of nitrogens with zero attached hydrogens (tertiary/aromatic N) is 1. The first-order valence-electron chi connectivity index (χ1n) is 5.26. The SMILES string of the molecule is CCC(F)(F)C(F)(F)C(F)(F)S(=O)(=O)O.c1ccncc1. The zero-order chi connectivity index (χ0) is 16.9. The average molecular weight is 339 g/mol. The zero-order valence-electron chi connectivity index (χ0n) is 10.5. The van der Waals surface area contributed by atoms with Crippen LogP contribution in [-0.4, -0.2) is 35.1 Å². The number of pyridine rings is 1. The standard InChI is InChI=1S/C5H6F6O3S.C5H5N/c1-2-3(6,7)4(8,9)5(10,11)15(12,13)14;1-2-4-6-5-3-1/h2H2,1H3,(H,12,13,14);1-5H. The third-order valence-electron chi connectivity index (χ3n) is 2.16. The lowest BCUT2D eigenvalue weighted by molar-refractivity contribution is -0.281. The molecule has 0 fully saturated rings. The molecule has 0 aliphatic rings. The fourth-order valence-electron chi connectivity index (χ4n) is 0.910. The van der Waals surface area contributed by atoms with Crippen molar-refractivity contribution in [3.8, 4) is 0 Å². The molecule has 0 spiro atoms. The predicted octanol–water partition coefficient (Wildman–Crippen LogP) is 3.23. The molecule has 1 heterocycles. The number of aromatic nitrogens is 1. The largest absolute Gasteiger partial charge is 0.437 e. The Kier molecular flexibility index (Phi) is 6.17. The van der Waals surface area contributed by atoms with Crippen LogP contribution in [0.5, 0.6) is 0 Å². The summed E-state index contributed by atoms with van der Waals surface area (Å²) in [5.74, 6) is -11.4. The van der Waals surface area contributed by atoms with Crippen LogP contribution in [0.15, 0.2) is 30.6 Å². The Morgan fingerprint density at radius 2 is 1.43 bits per heavy atom. The highest BCUT2D eigenvalue weighted by Crippen LogP contribution is 2.49. The molecule has 0 aromatic carbocycles. The highest BCUT2D eigenvalue weighted by Gasteiger charge is 2.76. The van der Waals surface area contributed by atoms with E-state index in [2.05, 4.69) is 4.98 Å². The Morgan fingerprint density at radius 1 is 1.00 bits per heavy atom. The second-order valence-electron chi connectivity index (χ2n) is 3.65. The van der Waals surface area contributed by atoms with Gasteiger partial charge in [-0.25, -0.2) is 0 Å². The van der Waals surface area contributed by atoms with E-state index in [9.17, 15) is 34.8 Å². The first-order valence-corrected chi connectivity index (χ1v) is 6.70. The van der Waals surface area contributed by atoms with E-state index in [0.29, 0.717) is 6.92 Å². The monoisotopic (exact) mass is 339 g/mol. The summed E-state index contributed by atoms with van der Waals surface area (Å²) in [6.07, 6.45) is 1.80. The van der Waals surface area contributed by atoms with Gasteiger partial charge in [-0.3, -0.25) is 9.54 Å². The summed E-state index contributed by atoms with van der Waals surface area (Å²) >= 11 is 0. The molecule has 122 valence electrons. The van der Waals surface area contributed by atoms with Gasteiger partial charge in [0.25, 0.3) is 0 Å². The molecule has 0 bridgehead atoms. The highest BCUT2D eigenvalue weighted by molar-refractivity contribution is 7.87. The number of halogens is 6. The van der Waals surface area contributed by atoms with Crippen molar-refractivity contribution in [3.05, 3.63) is 30.6 Å². The van der Waals surface area contributed by atoms with Gasteiger partial charge in [-0.15, -0.1) is 0 Å². The summed E-state index contributed by atoms with van der Waals surface area (Å²) < 4.78 is 102. The van der Waals surface area contributed by atoms with E-state index in [1.54, 1.807) is 12.4 Å². The lowest BCUT2D eigenvalue weighted by atomic mass is 10.1. The molecule has 0 amide bonds. The van der Waals surface area contributed by atoms with E-state index >= 15 is 0 Å². The van der Waals surface area contributed by atoms with Crippen LogP contribution in [-0.2, 0) is 10.1 Å². The fraction of sp³-hybridized carbons (Fsp3) is 0.500. The molecule has 21 heavy (non-hydrogen) atoms. The third-order valence-corrected chi connectivity index (χ3v) is 3.06. The minimum absolute atomic E-state index is 0.466. The summed E-state index contributed by atoms with van der Waals surface area (Å²) in [7, 11) is -6.62. The molecule has 0 atom stereocenters. The maximum Gasteiger partial charge on any atom is 0.437 e. The van der Waals surface area contributed by atoms with E-state index in [-0.39, 0.29) is 0 Å². The van der Waals surface area contributed by atoms with Crippen molar-refractivity contribution in [2.45, 2.75) is 30.4 Å². The van der Waals surface area contributed by atoms with Gasteiger partial charge < -0.3 is 0 Å². The van der Waals surface area contributed by atoms with Crippen LogP contribution in [0.3, 0.4) is 0 Å². The highest BCUT2D eigenvalue weighted by atomic mass is 32.2. The van der Waals surface area contributed by atoms with Gasteiger partial charge >= 0.3 is 27.2 Å². The maximum absolute atomic E-state index is 12.4. The summed E-state index contributed by atoms with van der Waals surface area (Å²) in [5.41, 5.74) is 0. The molecular formula is C10H11F6NO3S. The molecule has 1 N–H and O–H groups in total. The average Bonchev–Trinajstić information content (AvgIpc) is 2.39. The van der Waals surface area contributed by atoms with Crippen molar-refractivity contribution in [1.82, 2.24) is 4.98 Å².